The average Bonchev–Trinajstić information content (AvgIpc) is 3.53. The van der Waals surface area contributed by atoms with E-state index >= 15 is 0 Å². The molecule has 0 bridgehead atoms. The van der Waals surface area contributed by atoms with Gasteiger partial charge in [-0.3, -0.25) is 4.79 Å². The number of rotatable bonds is 6. The number of para-hydroxylation sites is 1. The zero-order valence-corrected chi connectivity index (χ0v) is 17.7. The number of carbonyl (C=O) groups is 1. The van der Waals surface area contributed by atoms with E-state index < -0.39 is 0 Å². The van der Waals surface area contributed by atoms with Gasteiger partial charge in [-0.2, -0.15) is 5.10 Å². The highest BCUT2D eigenvalue weighted by Crippen LogP contribution is 2.44. The maximum absolute atomic E-state index is 13.1. The first-order valence-corrected chi connectivity index (χ1v) is 10.5. The van der Waals surface area contributed by atoms with E-state index in [1.807, 2.05) is 47.1 Å². The summed E-state index contributed by atoms with van der Waals surface area (Å²) in [6.45, 7) is 1.26. The quantitative estimate of drug-likeness (QED) is 0.519. The van der Waals surface area contributed by atoms with E-state index in [4.69, 9.17) is 19.3 Å². The second-order valence-corrected chi connectivity index (χ2v) is 7.81. The lowest BCUT2D eigenvalue weighted by molar-refractivity contribution is 0.0852. The lowest BCUT2D eigenvalue weighted by atomic mass is 10.1. The molecule has 1 saturated heterocycles. The number of methoxy groups -OCH3 is 2. The van der Waals surface area contributed by atoms with Gasteiger partial charge in [-0.15, -0.1) is 0 Å². The average molecular weight is 419 g/mol. The van der Waals surface area contributed by atoms with E-state index in [0.717, 1.165) is 47.5 Å². The van der Waals surface area contributed by atoms with Crippen LogP contribution in [-0.4, -0.2) is 49.2 Å². The lowest BCUT2D eigenvalue weighted by Crippen LogP contribution is -2.32. The summed E-state index contributed by atoms with van der Waals surface area (Å²) in [5, 5.41) is 7.75. The Balaban J connectivity index is 1.57. The molecule has 2 aromatic carbocycles. The molecule has 0 radical (unpaired) electrons. The van der Waals surface area contributed by atoms with Crippen molar-refractivity contribution in [3.05, 3.63) is 59.3 Å². The number of nitrogens with one attached hydrogen (secondary N) is 1. The number of nitrogens with zero attached hydrogens (tertiary/aromatic N) is 2. The summed E-state index contributed by atoms with van der Waals surface area (Å²) in [5.41, 5.74) is 5.28. The van der Waals surface area contributed by atoms with Gasteiger partial charge in [-0.25, -0.2) is 4.68 Å². The van der Waals surface area contributed by atoms with Crippen molar-refractivity contribution in [3.63, 3.8) is 0 Å². The molecule has 1 N–H and O–H groups in total. The summed E-state index contributed by atoms with van der Waals surface area (Å²) in [6, 6.07) is 13.8. The highest BCUT2D eigenvalue weighted by molar-refractivity contribution is 5.97. The maximum Gasteiger partial charge on any atom is 0.272 e. The third-order valence-electron chi connectivity index (χ3n) is 5.95. The minimum absolute atomic E-state index is 0.0823. The van der Waals surface area contributed by atoms with Crippen LogP contribution in [-0.2, 0) is 11.2 Å². The van der Waals surface area contributed by atoms with Crippen molar-refractivity contribution < 1.29 is 19.0 Å². The molecular formula is C24H25N3O4. The molecule has 1 aliphatic heterocycles. The molecule has 0 unspecified atom stereocenters. The Morgan fingerprint density at radius 1 is 1.19 bits per heavy atom. The minimum atomic E-state index is -0.173. The third-order valence-corrected chi connectivity index (χ3v) is 5.95. The second-order valence-electron chi connectivity index (χ2n) is 7.81. The van der Waals surface area contributed by atoms with Crippen LogP contribution in [0.2, 0.25) is 0 Å². The van der Waals surface area contributed by atoms with Crippen molar-refractivity contribution in [2.24, 2.45) is 0 Å². The molecular weight excluding hydrogens is 394 g/mol. The molecule has 1 aliphatic carbocycles. The normalized spacial score (nSPS) is 16.6. The van der Waals surface area contributed by atoms with Crippen molar-refractivity contribution >= 4 is 5.91 Å². The number of fused-ring (bicyclic) bond motifs is 3. The SMILES string of the molecule is COc1cc2c(cc1OC)-c1c(c(C(=O)NC[C@@H]3CCCO3)nn1-c1ccccc1)C2. The molecule has 0 spiro atoms. The first kappa shape index (κ1) is 19.6. The van der Waals surface area contributed by atoms with Crippen molar-refractivity contribution in [1.29, 1.82) is 0 Å². The Labute approximate surface area is 180 Å². The van der Waals surface area contributed by atoms with Gasteiger partial charge in [0.25, 0.3) is 5.91 Å². The molecule has 2 aliphatic rings. The summed E-state index contributed by atoms with van der Waals surface area (Å²) < 4.78 is 18.5. The Kier molecular flexibility index (Phi) is 5.11. The summed E-state index contributed by atoms with van der Waals surface area (Å²) in [5.74, 6) is 1.16. The predicted octanol–water partition coefficient (Wildman–Crippen LogP) is 3.37. The number of carbonyl (C=O) groups excluding carboxylic acids is 1. The van der Waals surface area contributed by atoms with Gasteiger partial charge in [0.15, 0.2) is 17.2 Å². The van der Waals surface area contributed by atoms with Crippen LogP contribution >= 0.6 is 0 Å². The largest absolute Gasteiger partial charge is 0.493 e. The van der Waals surface area contributed by atoms with E-state index in [1.54, 1.807) is 14.2 Å². The molecule has 0 saturated carbocycles. The summed E-state index contributed by atoms with van der Waals surface area (Å²) >= 11 is 0. The monoisotopic (exact) mass is 419 g/mol. The van der Waals surface area contributed by atoms with E-state index in [1.165, 1.54) is 0 Å². The molecule has 1 atom stereocenters. The number of benzene rings is 2. The Morgan fingerprint density at radius 3 is 2.68 bits per heavy atom. The fraction of sp³-hybridized carbons (Fsp3) is 0.333. The van der Waals surface area contributed by atoms with Crippen molar-refractivity contribution in [2.45, 2.75) is 25.4 Å². The summed E-state index contributed by atoms with van der Waals surface area (Å²) in [4.78, 5) is 13.1. The molecule has 1 amide bonds. The van der Waals surface area contributed by atoms with Crippen molar-refractivity contribution in [3.8, 4) is 28.4 Å². The Hall–Kier alpha value is -3.32. The number of hydrogen-bond acceptors (Lipinski definition) is 5. The van der Waals surface area contributed by atoms with Crippen LogP contribution in [0.25, 0.3) is 16.9 Å². The Morgan fingerprint density at radius 2 is 1.97 bits per heavy atom. The summed E-state index contributed by atoms with van der Waals surface area (Å²) in [6.07, 6.45) is 2.71. The molecule has 5 rings (SSSR count). The van der Waals surface area contributed by atoms with Crippen molar-refractivity contribution in [1.82, 2.24) is 15.1 Å². The van der Waals surface area contributed by atoms with E-state index in [9.17, 15) is 4.79 Å². The van der Waals surface area contributed by atoms with Crippen LogP contribution < -0.4 is 14.8 Å². The third kappa shape index (κ3) is 3.45. The molecule has 2 heterocycles. The predicted molar refractivity (Wildman–Crippen MR) is 116 cm³/mol. The van der Waals surface area contributed by atoms with Gasteiger partial charge >= 0.3 is 0 Å². The minimum Gasteiger partial charge on any atom is -0.493 e. The Bertz CT molecular complexity index is 1120. The number of aromatic nitrogens is 2. The van der Waals surface area contributed by atoms with E-state index in [0.29, 0.717) is 30.2 Å². The van der Waals surface area contributed by atoms with Gasteiger partial charge in [0.2, 0.25) is 0 Å². The number of ether oxygens (including phenoxy) is 3. The van der Waals surface area contributed by atoms with Crippen LogP contribution in [0.4, 0.5) is 0 Å². The van der Waals surface area contributed by atoms with Crippen LogP contribution in [0.5, 0.6) is 11.5 Å². The van der Waals surface area contributed by atoms with Gasteiger partial charge < -0.3 is 19.5 Å². The summed E-state index contributed by atoms with van der Waals surface area (Å²) in [7, 11) is 3.25. The van der Waals surface area contributed by atoms with Gasteiger partial charge in [-0.1, -0.05) is 18.2 Å². The van der Waals surface area contributed by atoms with Crippen LogP contribution in [0.15, 0.2) is 42.5 Å². The van der Waals surface area contributed by atoms with E-state index in [2.05, 4.69) is 5.32 Å². The standard InChI is InChI=1S/C24H25N3O4/c1-29-20-12-15-11-19-22(24(28)25-14-17-9-6-10-31-17)26-27(16-7-4-3-5-8-16)23(19)18(15)13-21(20)30-2/h3-5,7-8,12-13,17H,6,9-11,14H2,1-2H3,(H,25,28)/t17-/m0/s1. The topological polar surface area (TPSA) is 74.6 Å². The maximum atomic E-state index is 13.1. The van der Waals surface area contributed by atoms with Gasteiger partial charge in [0, 0.05) is 30.7 Å². The smallest absolute Gasteiger partial charge is 0.272 e. The highest BCUT2D eigenvalue weighted by Gasteiger charge is 2.32. The zero-order valence-electron chi connectivity index (χ0n) is 17.7. The van der Waals surface area contributed by atoms with Gasteiger partial charge in [0.05, 0.1) is 31.7 Å². The highest BCUT2D eigenvalue weighted by atomic mass is 16.5. The molecule has 7 nitrogen and oxygen atoms in total. The van der Waals surface area contributed by atoms with Crippen LogP contribution in [0, 0.1) is 0 Å². The van der Waals surface area contributed by atoms with Crippen molar-refractivity contribution in [2.75, 3.05) is 27.4 Å². The molecule has 160 valence electrons. The fourth-order valence-corrected chi connectivity index (χ4v) is 4.41. The fourth-order valence-electron chi connectivity index (χ4n) is 4.41. The first-order valence-electron chi connectivity index (χ1n) is 10.5. The van der Waals surface area contributed by atoms with Crippen LogP contribution in [0.1, 0.15) is 34.5 Å². The molecule has 1 aromatic heterocycles. The number of amides is 1. The first-order chi connectivity index (χ1) is 15.2. The van der Waals surface area contributed by atoms with Crippen LogP contribution in [0.3, 0.4) is 0 Å². The molecule has 7 heteroatoms. The number of hydrogen-bond donors (Lipinski definition) is 1. The molecule has 3 aromatic rings. The second kappa shape index (κ2) is 8.07. The van der Waals surface area contributed by atoms with Gasteiger partial charge in [0.1, 0.15) is 0 Å². The molecule has 1 fully saturated rings. The lowest BCUT2D eigenvalue weighted by Gasteiger charge is -2.12. The zero-order chi connectivity index (χ0) is 21.4. The van der Waals surface area contributed by atoms with E-state index in [-0.39, 0.29) is 12.0 Å². The van der Waals surface area contributed by atoms with Gasteiger partial charge in [-0.05, 0) is 42.7 Å². The molecule has 31 heavy (non-hydrogen) atoms.